The van der Waals surface area contributed by atoms with Crippen molar-refractivity contribution in [3.8, 4) is 22.5 Å². The van der Waals surface area contributed by atoms with Gasteiger partial charge in [0.05, 0.1) is 6.04 Å². The number of aromatic amines is 1. The number of rotatable bonds is 9. The van der Waals surface area contributed by atoms with Crippen molar-refractivity contribution >= 4 is 0 Å². The zero-order valence-corrected chi connectivity index (χ0v) is 20.0. The van der Waals surface area contributed by atoms with E-state index in [1.807, 2.05) is 6.07 Å². The van der Waals surface area contributed by atoms with E-state index < -0.39 is 0 Å². The van der Waals surface area contributed by atoms with Crippen molar-refractivity contribution in [2.24, 2.45) is 0 Å². The summed E-state index contributed by atoms with van der Waals surface area (Å²) in [4.78, 5) is 5.03. The van der Waals surface area contributed by atoms with Crippen LogP contribution in [0.15, 0.2) is 48.5 Å². The Morgan fingerprint density at radius 2 is 1.82 bits per heavy atom. The van der Waals surface area contributed by atoms with Gasteiger partial charge in [0.25, 0.3) is 0 Å². The normalized spacial score (nSPS) is 14.5. The summed E-state index contributed by atoms with van der Waals surface area (Å²) in [5.74, 6) is 2.75. The molecule has 2 aromatic heterocycles. The molecule has 176 valence electrons. The Labute approximate surface area is 201 Å². The molecule has 0 amide bonds. The zero-order valence-electron chi connectivity index (χ0n) is 20.0. The fourth-order valence-corrected chi connectivity index (χ4v) is 5.00. The van der Waals surface area contributed by atoms with Gasteiger partial charge in [-0.1, -0.05) is 81.5 Å². The minimum Gasteiger partial charge on any atom is -0.246 e. The van der Waals surface area contributed by atoms with Gasteiger partial charge in [0, 0.05) is 18.4 Å². The average molecular weight is 456 g/mol. The van der Waals surface area contributed by atoms with Crippen LogP contribution in [-0.2, 0) is 12.8 Å². The van der Waals surface area contributed by atoms with Crippen LogP contribution in [0.5, 0.6) is 0 Å². The summed E-state index contributed by atoms with van der Waals surface area (Å²) in [6.07, 6.45) is 11.6. The molecule has 5 rings (SSSR count). The number of tetrazole rings is 1. The third kappa shape index (κ3) is 5.08. The van der Waals surface area contributed by atoms with Gasteiger partial charge in [-0.15, -0.1) is 5.10 Å². The highest BCUT2D eigenvalue weighted by atomic mass is 15.5. The molecule has 2 aromatic carbocycles. The van der Waals surface area contributed by atoms with E-state index in [9.17, 15) is 0 Å². The number of unbranched alkanes of at least 4 members (excludes halogenated alkanes) is 2. The molecule has 1 aliphatic rings. The van der Waals surface area contributed by atoms with Crippen LogP contribution in [0.4, 0.5) is 0 Å². The van der Waals surface area contributed by atoms with Gasteiger partial charge < -0.3 is 0 Å². The molecule has 1 aliphatic carbocycles. The van der Waals surface area contributed by atoms with Gasteiger partial charge in [-0.2, -0.15) is 5.10 Å². The van der Waals surface area contributed by atoms with E-state index in [1.54, 1.807) is 0 Å². The lowest BCUT2D eigenvalue weighted by atomic mass is 9.94. The molecule has 0 bridgehead atoms. The second-order valence-electron chi connectivity index (χ2n) is 9.31. The highest BCUT2D eigenvalue weighted by Crippen LogP contribution is 2.32. The molecule has 4 aromatic rings. The largest absolute Gasteiger partial charge is 0.246 e. The monoisotopic (exact) mass is 455 g/mol. The fourth-order valence-electron chi connectivity index (χ4n) is 5.00. The van der Waals surface area contributed by atoms with Gasteiger partial charge in [-0.3, -0.25) is 0 Å². The maximum Gasteiger partial charge on any atom is 0.180 e. The summed E-state index contributed by atoms with van der Waals surface area (Å²) < 4.78 is 2.25. The number of aryl methyl sites for hydroxylation is 1. The third-order valence-corrected chi connectivity index (χ3v) is 6.80. The topological polar surface area (TPSA) is 85.2 Å². The number of H-pyrrole nitrogens is 1. The molecule has 1 N–H and O–H groups in total. The number of aromatic nitrogens is 7. The van der Waals surface area contributed by atoms with Crippen molar-refractivity contribution in [2.45, 2.75) is 77.2 Å². The molecule has 7 heteroatoms. The van der Waals surface area contributed by atoms with Crippen LogP contribution in [0.1, 0.15) is 81.5 Å². The first kappa shape index (κ1) is 22.4. The Hall–Kier alpha value is -3.35. The number of benzene rings is 2. The summed E-state index contributed by atoms with van der Waals surface area (Å²) in [7, 11) is 0. The van der Waals surface area contributed by atoms with Crippen molar-refractivity contribution in [3.63, 3.8) is 0 Å². The first-order valence-corrected chi connectivity index (χ1v) is 12.7. The second kappa shape index (κ2) is 10.7. The van der Waals surface area contributed by atoms with E-state index >= 15 is 0 Å². The van der Waals surface area contributed by atoms with Gasteiger partial charge in [0.15, 0.2) is 11.6 Å². The highest BCUT2D eigenvalue weighted by molar-refractivity contribution is 5.80. The first-order valence-electron chi connectivity index (χ1n) is 12.7. The van der Waals surface area contributed by atoms with Crippen LogP contribution in [0.3, 0.4) is 0 Å². The Bertz CT molecular complexity index is 1180. The predicted octanol–water partition coefficient (Wildman–Crippen LogP) is 5.95. The molecule has 0 aliphatic heterocycles. The summed E-state index contributed by atoms with van der Waals surface area (Å²) in [6.45, 7) is 2.24. The standard InChI is InChI=1S/C27H33N7/c1-2-3-6-15-25-28-26(34(31-25)22-13-9-5-10-14-22)19-20-16-17-23(21-11-7-4-8-12-21)24(18-20)27-29-32-33-30-27/h4,7-8,11-12,16-18,22H,2-3,5-6,9-10,13-15,19H2,1H3,(H,29,30,32,33). The van der Waals surface area contributed by atoms with Gasteiger partial charge in [-0.05, 0) is 52.4 Å². The molecular formula is C27H33N7. The summed E-state index contributed by atoms with van der Waals surface area (Å²) in [6, 6.07) is 17.4. The van der Waals surface area contributed by atoms with Crippen LogP contribution < -0.4 is 0 Å². The van der Waals surface area contributed by atoms with E-state index in [0.29, 0.717) is 11.9 Å². The molecule has 2 heterocycles. The van der Waals surface area contributed by atoms with Crippen LogP contribution in [0, 0.1) is 0 Å². The van der Waals surface area contributed by atoms with Crippen LogP contribution in [-0.4, -0.2) is 35.4 Å². The van der Waals surface area contributed by atoms with Crippen molar-refractivity contribution in [1.29, 1.82) is 0 Å². The summed E-state index contributed by atoms with van der Waals surface area (Å²) in [5, 5.41) is 19.8. The van der Waals surface area contributed by atoms with Crippen LogP contribution in [0.2, 0.25) is 0 Å². The molecule has 7 nitrogen and oxygen atoms in total. The number of nitrogens with one attached hydrogen (secondary N) is 1. The van der Waals surface area contributed by atoms with E-state index in [0.717, 1.165) is 47.6 Å². The minimum atomic E-state index is 0.470. The molecule has 1 saturated carbocycles. The smallest absolute Gasteiger partial charge is 0.180 e. The molecule has 0 spiro atoms. The molecule has 0 unspecified atom stereocenters. The Morgan fingerprint density at radius 3 is 2.59 bits per heavy atom. The minimum absolute atomic E-state index is 0.470. The molecule has 0 atom stereocenters. The lowest BCUT2D eigenvalue weighted by molar-refractivity contribution is 0.321. The SMILES string of the molecule is CCCCCc1nc(Cc2ccc(-c3ccccc3)c(-c3nnn[nH]3)c2)n(C2CCCCC2)n1. The Kier molecular flexibility index (Phi) is 7.08. The Balaban J connectivity index is 1.48. The lowest BCUT2D eigenvalue weighted by Gasteiger charge is -2.23. The van der Waals surface area contributed by atoms with Crippen LogP contribution in [0.25, 0.3) is 22.5 Å². The third-order valence-electron chi connectivity index (χ3n) is 6.80. The molecular weight excluding hydrogens is 422 g/mol. The molecule has 34 heavy (non-hydrogen) atoms. The first-order chi connectivity index (χ1) is 16.8. The van der Waals surface area contributed by atoms with Gasteiger partial charge >= 0.3 is 0 Å². The van der Waals surface area contributed by atoms with E-state index in [-0.39, 0.29) is 0 Å². The van der Waals surface area contributed by atoms with Gasteiger partial charge in [0.1, 0.15) is 5.82 Å². The maximum absolute atomic E-state index is 5.03. The number of hydrogen-bond acceptors (Lipinski definition) is 5. The van der Waals surface area contributed by atoms with E-state index in [1.165, 1.54) is 50.5 Å². The number of hydrogen-bond donors (Lipinski definition) is 1. The van der Waals surface area contributed by atoms with Crippen molar-refractivity contribution < 1.29 is 0 Å². The Morgan fingerprint density at radius 1 is 0.971 bits per heavy atom. The average Bonchev–Trinajstić information content (AvgIpc) is 3.56. The van der Waals surface area contributed by atoms with Crippen molar-refractivity contribution in [1.82, 2.24) is 35.4 Å². The zero-order chi connectivity index (χ0) is 23.2. The second-order valence-corrected chi connectivity index (χ2v) is 9.31. The van der Waals surface area contributed by atoms with Crippen molar-refractivity contribution in [3.05, 3.63) is 65.7 Å². The van der Waals surface area contributed by atoms with E-state index in [2.05, 4.69) is 74.7 Å². The predicted molar refractivity (Wildman–Crippen MR) is 133 cm³/mol. The lowest BCUT2D eigenvalue weighted by Crippen LogP contribution is -2.17. The fraction of sp³-hybridized carbons (Fsp3) is 0.444. The van der Waals surface area contributed by atoms with E-state index in [4.69, 9.17) is 10.1 Å². The maximum atomic E-state index is 5.03. The number of nitrogens with zero attached hydrogens (tertiary/aromatic N) is 6. The summed E-state index contributed by atoms with van der Waals surface area (Å²) >= 11 is 0. The quantitative estimate of drug-likeness (QED) is 0.315. The van der Waals surface area contributed by atoms with Crippen molar-refractivity contribution in [2.75, 3.05) is 0 Å². The highest BCUT2D eigenvalue weighted by Gasteiger charge is 2.22. The van der Waals surface area contributed by atoms with Gasteiger partial charge in [-0.25, -0.2) is 14.8 Å². The summed E-state index contributed by atoms with van der Waals surface area (Å²) in [5.41, 5.74) is 4.44. The molecule has 0 saturated heterocycles. The molecule has 1 fully saturated rings. The molecule has 0 radical (unpaired) electrons. The van der Waals surface area contributed by atoms with Gasteiger partial charge in [0.2, 0.25) is 0 Å². The van der Waals surface area contributed by atoms with Crippen LogP contribution >= 0.6 is 0 Å².